The molecule has 3 aromatic rings. The Labute approximate surface area is 163 Å². The SMILES string of the molecule is Cc1c(C(=O)N2CCOCC2)cnn1-c1cc(NCc2ccccc2)ncn1. The summed E-state index contributed by atoms with van der Waals surface area (Å²) in [5.41, 5.74) is 2.50. The number of nitrogens with zero attached hydrogens (tertiary/aromatic N) is 5. The quantitative estimate of drug-likeness (QED) is 0.731. The van der Waals surface area contributed by atoms with Gasteiger partial charge in [0.15, 0.2) is 5.82 Å². The molecule has 1 aliphatic heterocycles. The molecule has 0 unspecified atom stereocenters. The number of morpholine rings is 1. The van der Waals surface area contributed by atoms with Crippen LogP contribution in [0.3, 0.4) is 0 Å². The van der Waals surface area contributed by atoms with Gasteiger partial charge in [-0.1, -0.05) is 30.3 Å². The summed E-state index contributed by atoms with van der Waals surface area (Å²) in [4.78, 5) is 23.1. The first-order valence-electron chi connectivity index (χ1n) is 9.24. The van der Waals surface area contributed by atoms with Gasteiger partial charge in [-0.3, -0.25) is 4.79 Å². The number of carbonyl (C=O) groups is 1. The fourth-order valence-corrected chi connectivity index (χ4v) is 3.14. The standard InChI is InChI=1S/C20H22N6O2/c1-15-17(20(27)25-7-9-28-10-8-25)13-24-26(15)19-11-18(22-14-23-19)21-12-16-5-3-2-4-6-16/h2-6,11,13-14H,7-10,12H2,1H3,(H,21,22,23). The maximum atomic E-state index is 12.8. The first-order chi connectivity index (χ1) is 13.7. The molecule has 0 aliphatic carbocycles. The predicted molar refractivity (Wildman–Crippen MR) is 104 cm³/mol. The van der Waals surface area contributed by atoms with Crippen LogP contribution >= 0.6 is 0 Å². The second kappa shape index (κ2) is 8.18. The zero-order valence-electron chi connectivity index (χ0n) is 15.7. The largest absolute Gasteiger partial charge is 0.378 e. The lowest BCUT2D eigenvalue weighted by atomic mass is 10.2. The molecule has 1 N–H and O–H groups in total. The maximum absolute atomic E-state index is 12.8. The van der Waals surface area contributed by atoms with Gasteiger partial charge < -0.3 is 15.0 Å². The minimum Gasteiger partial charge on any atom is -0.378 e. The number of anilines is 1. The van der Waals surface area contributed by atoms with Crippen molar-refractivity contribution in [2.75, 3.05) is 31.6 Å². The Morgan fingerprint density at radius 3 is 2.75 bits per heavy atom. The lowest BCUT2D eigenvalue weighted by molar-refractivity contribution is 0.0302. The van der Waals surface area contributed by atoms with Gasteiger partial charge in [-0.15, -0.1) is 0 Å². The molecule has 0 spiro atoms. The fraction of sp³-hybridized carbons (Fsp3) is 0.300. The molecule has 144 valence electrons. The van der Waals surface area contributed by atoms with Crippen molar-refractivity contribution in [2.45, 2.75) is 13.5 Å². The highest BCUT2D eigenvalue weighted by atomic mass is 16.5. The van der Waals surface area contributed by atoms with E-state index in [0.717, 1.165) is 11.3 Å². The molecule has 0 atom stereocenters. The number of hydrogen-bond acceptors (Lipinski definition) is 6. The molecule has 3 heterocycles. The average Bonchev–Trinajstić information content (AvgIpc) is 3.14. The highest BCUT2D eigenvalue weighted by molar-refractivity contribution is 5.95. The lowest BCUT2D eigenvalue weighted by Crippen LogP contribution is -2.40. The number of rotatable bonds is 5. The van der Waals surface area contributed by atoms with Gasteiger partial charge in [0, 0.05) is 25.7 Å². The first kappa shape index (κ1) is 18.1. The molecule has 2 aromatic heterocycles. The van der Waals surface area contributed by atoms with Gasteiger partial charge in [0.25, 0.3) is 5.91 Å². The molecule has 1 amide bonds. The van der Waals surface area contributed by atoms with E-state index < -0.39 is 0 Å². The van der Waals surface area contributed by atoms with Crippen LogP contribution in [0.15, 0.2) is 48.9 Å². The third kappa shape index (κ3) is 3.86. The number of ether oxygens (including phenoxy) is 1. The minimum absolute atomic E-state index is 0.0245. The van der Waals surface area contributed by atoms with Crippen LogP contribution in [0.1, 0.15) is 21.6 Å². The topological polar surface area (TPSA) is 85.2 Å². The minimum atomic E-state index is -0.0245. The zero-order valence-corrected chi connectivity index (χ0v) is 15.7. The second-order valence-electron chi connectivity index (χ2n) is 6.56. The Morgan fingerprint density at radius 1 is 1.18 bits per heavy atom. The van der Waals surface area contributed by atoms with Crippen LogP contribution in [0.4, 0.5) is 5.82 Å². The molecule has 1 aliphatic rings. The van der Waals surface area contributed by atoms with Crippen LogP contribution < -0.4 is 5.32 Å². The molecule has 0 saturated carbocycles. The monoisotopic (exact) mass is 378 g/mol. The molecule has 28 heavy (non-hydrogen) atoms. The van der Waals surface area contributed by atoms with E-state index in [1.807, 2.05) is 31.2 Å². The Bertz CT molecular complexity index is 950. The number of nitrogens with one attached hydrogen (secondary N) is 1. The van der Waals surface area contributed by atoms with Crippen LogP contribution in [0.5, 0.6) is 0 Å². The highest BCUT2D eigenvalue weighted by Crippen LogP contribution is 2.17. The Hall–Kier alpha value is -3.26. The molecular formula is C20H22N6O2. The summed E-state index contributed by atoms with van der Waals surface area (Å²) in [7, 11) is 0. The van der Waals surface area contributed by atoms with Crippen LogP contribution in [0, 0.1) is 6.92 Å². The van der Waals surface area contributed by atoms with Crippen molar-refractivity contribution in [1.82, 2.24) is 24.6 Å². The van der Waals surface area contributed by atoms with E-state index >= 15 is 0 Å². The predicted octanol–water partition coefficient (Wildman–Crippen LogP) is 2.06. The van der Waals surface area contributed by atoms with Gasteiger partial charge in [-0.25, -0.2) is 14.6 Å². The average molecular weight is 378 g/mol. The van der Waals surface area contributed by atoms with E-state index in [9.17, 15) is 4.79 Å². The summed E-state index contributed by atoms with van der Waals surface area (Å²) in [5.74, 6) is 1.29. The summed E-state index contributed by atoms with van der Waals surface area (Å²) in [5, 5.41) is 7.67. The van der Waals surface area contributed by atoms with E-state index in [-0.39, 0.29) is 5.91 Å². The first-order valence-corrected chi connectivity index (χ1v) is 9.24. The van der Waals surface area contributed by atoms with Gasteiger partial charge in [0.2, 0.25) is 0 Å². The van der Waals surface area contributed by atoms with E-state index in [1.165, 1.54) is 6.33 Å². The smallest absolute Gasteiger partial charge is 0.257 e. The third-order valence-electron chi connectivity index (χ3n) is 4.72. The Kier molecular flexibility index (Phi) is 5.29. The fourth-order valence-electron chi connectivity index (χ4n) is 3.14. The molecule has 0 radical (unpaired) electrons. The number of hydrogen-bond donors (Lipinski definition) is 1. The van der Waals surface area contributed by atoms with Crippen molar-refractivity contribution in [1.29, 1.82) is 0 Å². The number of benzene rings is 1. The van der Waals surface area contributed by atoms with E-state index in [2.05, 4.69) is 32.5 Å². The van der Waals surface area contributed by atoms with E-state index in [1.54, 1.807) is 15.8 Å². The van der Waals surface area contributed by atoms with E-state index in [0.29, 0.717) is 50.0 Å². The van der Waals surface area contributed by atoms with Gasteiger partial charge in [0.05, 0.1) is 30.7 Å². The van der Waals surface area contributed by atoms with Crippen molar-refractivity contribution in [2.24, 2.45) is 0 Å². The lowest BCUT2D eigenvalue weighted by Gasteiger charge is -2.26. The van der Waals surface area contributed by atoms with Crippen molar-refractivity contribution < 1.29 is 9.53 Å². The van der Waals surface area contributed by atoms with E-state index in [4.69, 9.17) is 4.74 Å². The van der Waals surface area contributed by atoms with Crippen LogP contribution in [-0.2, 0) is 11.3 Å². The van der Waals surface area contributed by atoms with Gasteiger partial charge >= 0.3 is 0 Å². The zero-order chi connectivity index (χ0) is 19.3. The van der Waals surface area contributed by atoms with Gasteiger partial charge in [0.1, 0.15) is 12.1 Å². The molecular weight excluding hydrogens is 356 g/mol. The summed E-state index contributed by atoms with van der Waals surface area (Å²) in [6, 6.07) is 11.9. The van der Waals surface area contributed by atoms with Gasteiger partial charge in [-0.05, 0) is 12.5 Å². The molecule has 8 heteroatoms. The summed E-state index contributed by atoms with van der Waals surface area (Å²) >= 11 is 0. The Balaban J connectivity index is 1.51. The molecule has 4 rings (SSSR count). The molecule has 8 nitrogen and oxygen atoms in total. The molecule has 0 bridgehead atoms. The Morgan fingerprint density at radius 2 is 1.96 bits per heavy atom. The molecule has 1 aromatic carbocycles. The van der Waals surface area contributed by atoms with Crippen LogP contribution in [0.25, 0.3) is 5.82 Å². The normalized spacial score (nSPS) is 14.1. The van der Waals surface area contributed by atoms with Crippen LogP contribution in [-0.4, -0.2) is 56.9 Å². The molecule has 1 fully saturated rings. The van der Waals surface area contributed by atoms with Crippen molar-refractivity contribution in [3.05, 3.63) is 65.7 Å². The van der Waals surface area contributed by atoms with Gasteiger partial charge in [-0.2, -0.15) is 5.10 Å². The molecule has 1 saturated heterocycles. The van der Waals surface area contributed by atoms with Crippen molar-refractivity contribution in [3.8, 4) is 5.82 Å². The highest BCUT2D eigenvalue weighted by Gasteiger charge is 2.23. The number of amides is 1. The summed E-state index contributed by atoms with van der Waals surface area (Å²) in [6.45, 7) is 4.88. The third-order valence-corrected chi connectivity index (χ3v) is 4.72. The maximum Gasteiger partial charge on any atom is 0.257 e. The number of aromatic nitrogens is 4. The van der Waals surface area contributed by atoms with Crippen molar-refractivity contribution in [3.63, 3.8) is 0 Å². The number of carbonyl (C=O) groups excluding carboxylic acids is 1. The second-order valence-corrected chi connectivity index (χ2v) is 6.56. The summed E-state index contributed by atoms with van der Waals surface area (Å²) < 4.78 is 6.99. The van der Waals surface area contributed by atoms with Crippen LogP contribution in [0.2, 0.25) is 0 Å². The summed E-state index contributed by atoms with van der Waals surface area (Å²) in [6.07, 6.45) is 3.10. The van der Waals surface area contributed by atoms with Crippen molar-refractivity contribution >= 4 is 11.7 Å².